The number of morpholine rings is 1. The molecule has 1 N–H and O–H groups in total. The monoisotopic (exact) mass is 431 g/mol. The van der Waals surface area contributed by atoms with Crippen LogP contribution >= 0.6 is 11.6 Å². The normalized spacial score (nSPS) is 16.4. The highest BCUT2D eigenvalue weighted by Crippen LogP contribution is 2.28. The second-order valence-corrected chi connectivity index (χ2v) is 9.03. The minimum atomic E-state index is -3.80. The Kier molecular flexibility index (Phi) is 7.82. The number of halogens is 1. The summed E-state index contributed by atoms with van der Waals surface area (Å²) in [6.07, 6.45) is 0.685. The van der Waals surface area contributed by atoms with Gasteiger partial charge in [-0.25, -0.2) is 8.42 Å². The van der Waals surface area contributed by atoms with Crippen molar-refractivity contribution in [2.45, 2.75) is 25.2 Å². The standard InChI is InChI=1S/C18H26ClN3O5S/c1-4-13(2)18(24)21(3)12-17(23)20-14-5-6-15(19)16(11-14)28(25,26)22-7-9-27-10-8-22/h5-6,11,13H,4,7-10,12H2,1-3H3,(H,20,23)/t13-/m0/s1. The van der Waals surface area contributed by atoms with Crippen LogP contribution in [0.5, 0.6) is 0 Å². The molecule has 2 rings (SSSR count). The zero-order valence-electron chi connectivity index (χ0n) is 16.3. The number of carbonyl (C=O) groups excluding carboxylic acids is 2. The molecule has 1 atom stereocenters. The third-order valence-electron chi connectivity index (χ3n) is 4.59. The fraction of sp³-hybridized carbons (Fsp3) is 0.556. The van der Waals surface area contributed by atoms with Crippen LogP contribution in [0, 0.1) is 5.92 Å². The number of nitrogens with zero attached hydrogens (tertiary/aromatic N) is 2. The average molecular weight is 432 g/mol. The summed E-state index contributed by atoms with van der Waals surface area (Å²) in [5.74, 6) is -0.709. The maximum absolute atomic E-state index is 12.8. The third kappa shape index (κ3) is 5.44. The lowest BCUT2D eigenvalue weighted by molar-refractivity contribution is -0.136. The average Bonchev–Trinajstić information content (AvgIpc) is 2.68. The van der Waals surface area contributed by atoms with E-state index in [4.69, 9.17) is 16.3 Å². The van der Waals surface area contributed by atoms with Crippen LogP contribution in [-0.2, 0) is 24.3 Å². The Bertz CT molecular complexity index is 825. The van der Waals surface area contributed by atoms with Gasteiger partial charge in [0.25, 0.3) is 0 Å². The van der Waals surface area contributed by atoms with E-state index in [9.17, 15) is 18.0 Å². The van der Waals surface area contributed by atoms with Crippen molar-refractivity contribution in [3.8, 4) is 0 Å². The van der Waals surface area contributed by atoms with E-state index in [2.05, 4.69) is 5.32 Å². The number of benzene rings is 1. The van der Waals surface area contributed by atoms with Gasteiger partial charge in [0.15, 0.2) is 0 Å². The lowest BCUT2D eigenvalue weighted by Gasteiger charge is -2.26. The van der Waals surface area contributed by atoms with Gasteiger partial charge in [0.1, 0.15) is 4.90 Å². The van der Waals surface area contributed by atoms with Gasteiger partial charge in [-0.1, -0.05) is 25.4 Å². The molecule has 0 saturated carbocycles. The summed E-state index contributed by atoms with van der Waals surface area (Å²) < 4.78 is 32.2. The Morgan fingerprint density at radius 2 is 1.96 bits per heavy atom. The van der Waals surface area contributed by atoms with Crippen molar-refractivity contribution in [2.24, 2.45) is 5.92 Å². The van der Waals surface area contributed by atoms with Crippen LogP contribution in [0.1, 0.15) is 20.3 Å². The predicted molar refractivity (Wildman–Crippen MR) is 107 cm³/mol. The van der Waals surface area contributed by atoms with Gasteiger partial charge in [-0.15, -0.1) is 0 Å². The Morgan fingerprint density at radius 1 is 1.32 bits per heavy atom. The lowest BCUT2D eigenvalue weighted by atomic mass is 10.1. The van der Waals surface area contributed by atoms with Gasteiger partial charge in [-0.2, -0.15) is 4.31 Å². The minimum Gasteiger partial charge on any atom is -0.379 e. The molecule has 0 aromatic heterocycles. The Morgan fingerprint density at radius 3 is 2.57 bits per heavy atom. The van der Waals surface area contributed by atoms with Crippen molar-refractivity contribution in [1.82, 2.24) is 9.21 Å². The fourth-order valence-corrected chi connectivity index (χ4v) is 4.66. The first-order chi connectivity index (χ1) is 13.2. The van der Waals surface area contributed by atoms with Gasteiger partial charge >= 0.3 is 0 Å². The molecule has 0 radical (unpaired) electrons. The van der Waals surface area contributed by atoms with Crippen LogP contribution < -0.4 is 5.32 Å². The molecule has 1 saturated heterocycles. The molecule has 156 valence electrons. The van der Waals surface area contributed by atoms with E-state index in [1.165, 1.54) is 27.4 Å². The molecule has 2 amide bonds. The van der Waals surface area contributed by atoms with Crippen molar-refractivity contribution in [3.05, 3.63) is 23.2 Å². The van der Waals surface area contributed by atoms with E-state index in [1.54, 1.807) is 14.0 Å². The van der Waals surface area contributed by atoms with Crippen molar-refractivity contribution >= 4 is 39.1 Å². The van der Waals surface area contributed by atoms with E-state index in [0.29, 0.717) is 25.3 Å². The van der Waals surface area contributed by atoms with Crippen LogP contribution in [0.15, 0.2) is 23.1 Å². The summed E-state index contributed by atoms with van der Waals surface area (Å²) in [5.41, 5.74) is 0.297. The predicted octanol–water partition coefficient (Wildman–Crippen LogP) is 1.80. The van der Waals surface area contributed by atoms with Crippen LogP contribution in [0.3, 0.4) is 0 Å². The number of sulfonamides is 1. The fourth-order valence-electron chi connectivity index (χ4n) is 2.75. The number of amides is 2. The first-order valence-corrected chi connectivity index (χ1v) is 10.9. The lowest BCUT2D eigenvalue weighted by Crippen LogP contribution is -2.40. The van der Waals surface area contributed by atoms with Gasteiger partial charge in [0.05, 0.1) is 24.8 Å². The van der Waals surface area contributed by atoms with Gasteiger partial charge in [0.2, 0.25) is 21.8 Å². The third-order valence-corrected chi connectivity index (χ3v) is 6.97. The summed E-state index contributed by atoms with van der Waals surface area (Å²) in [4.78, 5) is 25.7. The van der Waals surface area contributed by atoms with E-state index in [-0.39, 0.29) is 41.4 Å². The number of rotatable bonds is 7. The first kappa shape index (κ1) is 22.6. The Hall–Kier alpha value is -1.68. The topological polar surface area (TPSA) is 96.0 Å². The summed E-state index contributed by atoms with van der Waals surface area (Å²) in [5, 5.41) is 2.71. The number of hydrogen-bond acceptors (Lipinski definition) is 5. The summed E-state index contributed by atoms with van der Waals surface area (Å²) in [7, 11) is -2.24. The number of carbonyl (C=O) groups is 2. The highest BCUT2D eigenvalue weighted by molar-refractivity contribution is 7.89. The highest BCUT2D eigenvalue weighted by atomic mass is 35.5. The maximum atomic E-state index is 12.8. The molecule has 1 aromatic carbocycles. The van der Waals surface area contributed by atoms with E-state index in [1.807, 2.05) is 6.92 Å². The van der Waals surface area contributed by atoms with Crippen LogP contribution in [-0.4, -0.2) is 69.3 Å². The molecule has 0 aliphatic carbocycles. The molecule has 1 heterocycles. The summed E-state index contributed by atoms with van der Waals surface area (Å²) in [6.45, 7) is 4.72. The van der Waals surface area contributed by atoms with Gasteiger partial charge in [-0.05, 0) is 24.6 Å². The van der Waals surface area contributed by atoms with E-state index in [0.717, 1.165) is 0 Å². The smallest absolute Gasteiger partial charge is 0.244 e. The second-order valence-electron chi connectivity index (χ2n) is 6.71. The maximum Gasteiger partial charge on any atom is 0.244 e. The molecular formula is C18H26ClN3O5S. The van der Waals surface area contributed by atoms with Gasteiger partial charge in [0, 0.05) is 31.7 Å². The Labute approximate surface area is 170 Å². The zero-order valence-corrected chi connectivity index (χ0v) is 17.8. The van der Waals surface area contributed by atoms with E-state index < -0.39 is 15.9 Å². The summed E-state index contributed by atoms with van der Waals surface area (Å²) >= 11 is 6.11. The highest BCUT2D eigenvalue weighted by Gasteiger charge is 2.28. The largest absolute Gasteiger partial charge is 0.379 e. The van der Waals surface area contributed by atoms with Gasteiger partial charge < -0.3 is 15.0 Å². The molecule has 0 spiro atoms. The van der Waals surface area contributed by atoms with Crippen LogP contribution in [0.25, 0.3) is 0 Å². The molecular weight excluding hydrogens is 406 g/mol. The second kappa shape index (κ2) is 9.69. The van der Waals surface area contributed by atoms with Gasteiger partial charge in [-0.3, -0.25) is 9.59 Å². The number of likely N-dealkylation sites (N-methyl/N-ethyl adjacent to an activating group) is 1. The van der Waals surface area contributed by atoms with Crippen LogP contribution in [0.4, 0.5) is 5.69 Å². The SMILES string of the molecule is CC[C@H](C)C(=O)N(C)CC(=O)Nc1ccc(Cl)c(S(=O)(=O)N2CCOCC2)c1. The molecule has 1 aromatic rings. The van der Waals surface area contributed by atoms with Crippen LogP contribution in [0.2, 0.25) is 5.02 Å². The summed E-state index contributed by atoms with van der Waals surface area (Å²) in [6, 6.07) is 4.29. The zero-order chi connectivity index (χ0) is 20.9. The van der Waals surface area contributed by atoms with Crippen molar-refractivity contribution in [1.29, 1.82) is 0 Å². The number of ether oxygens (including phenoxy) is 1. The van der Waals surface area contributed by atoms with Crippen molar-refractivity contribution in [2.75, 3.05) is 45.2 Å². The number of hydrogen-bond donors (Lipinski definition) is 1. The molecule has 8 nitrogen and oxygen atoms in total. The molecule has 28 heavy (non-hydrogen) atoms. The number of nitrogens with one attached hydrogen (secondary N) is 1. The molecule has 1 aliphatic heterocycles. The van der Waals surface area contributed by atoms with E-state index >= 15 is 0 Å². The molecule has 1 fully saturated rings. The Balaban J connectivity index is 2.12. The first-order valence-electron chi connectivity index (χ1n) is 9.09. The molecule has 0 unspecified atom stereocenters. The molecule has 0 bridgehead atoms. The van der Waals surface area contributed by atoms with Crippen molar-refractivity contribution < 1.29 is 22.7 Å². The minimum absolute atomic E-state index is 0.0714. The molecule has 10 heteroatoms. The van der Waals surface area contributed by atoms with Crippen molar-refractivity contribution in [3.63, 3.8) is 0 Å². The molecule has 1 aliphatic rings. The quantitative estimate of drug-likeness (QED) is 0.710. The number of anilines is 1.